The van der Waals surface area contributed by atoms with Gasteiger partial charge < -0.3 is 10.1 Å². The normalized spacial score (nSPS) is 13.4. The largest absolute Gasteiger partial charge is 0.467 e. The van der Waals surface area contributed by atoms with Gasteiger partial charge in [-0.25, -0.2) is 13.6 Å². The Morgan fingerprint density at radius 1 is 1.33 bits per heavy atom. The van der Waals surface area contributed by atoms with Crippen LogP contribution in [0.1, 0.15) is 25.8 Å². The van der Waals surface area contributed by atoms with Gasteiger partial charge in [-0.2, -0.15) is 0 Å². The zero-order valence-corrected chi connectivity index (χ0v) is 12.3. The molecule has 0 saturated heterocycles. The van der Waals surface area contributed by atoms with E-state index in [1.54, 1.807) is 6.92 Å². The van der Waals surface area contributed by atoms with Crippen LogP contribution >= 0.6 is 0 Å². The molecule has 0 heterocycles. The number of hydrogen-bond donors (Lipinski definition) is 1. The molecule has 6 heteroatoms. The molecule has 0 aliphatic carbocycles. The maximum atomic E-state index is 13.5. The van der Waals surface area contributed by atoms with Crippen molar-refractivity contribution in [1.29, 1.82) is 0 Å². The third kappa shape index (κ3) is 4.81. The van der Waals surface area contributed by atoms with Crippen molar-refractivity contribution in [2.75, 3.05) is 7.11 Å². The fourth-order valence-electron chi connectivity index (χ4n) is 1.86. The number of carbonyl (C=O) groups excluding carboxylic acids is 2. The second kappa shape index (κ2) is 7.71. The van der Waals surface area contributed by atoms with Gasteiger partial charge in [0.15, 0.2) is 0 Å². The van der Waals surface area contributed by atoms with Gasteiger partial charge in [0.25, 0.3) is 0 Å². The molecule has 0 spiro atoms. The molecule has 21 heavy (non-hydrogen) atoms. The van der Waals surface area contributed by atoms with E-state index in [1.807, 2.05) is 6.92 Å². The number of benzene rings is 1. The molecule has 1 rings (SSSR count). The molecular weight excluding hydrogens is 280 g/mol. The lowest BCUT2D eigenvalue weighted by atomic mass is 9.99. The summed E-state index contributed by atoms with van der Waals surface area (Å²) in [7, 11) is 1.24. The van der Waals surface area contributed by atoms with Gasteiger partial charge in [0.05, 0.1) is 13.5 Å². The molecule has 0 saturated carbocycles. The van der Waals surface area contributed by atoms with Gasteiger partial charge in [-0.1, -0.05) is 26.3 Å². The highest BCUT2D eigenvalue weighted by Crippen LogP contribution is 2.12. The molecule has 0 fully saturated rings. The van der Waals surface area contributed by atoms with E-state index in [0.717, 1.165) is 12.1 Å². The Balaban J connectivity index is 2.76. The van der Waals surface area contributed by atoms with Crippen LogP contribution in [0.2, 0.25) is 0 Å². The molecule has 0 unspecified atom stereocenters. The topological polar surface area (TPSA) is 55.4 Å². The number of ether oxygens (including phenoxy) is 1. The molecule has 1 N–H and O–H groups in total. The molecular formula is C15H19F2NO3. The number of esters is 1. The highest BCUT2D eigenvalue weighted by Gasteiger charge is 2.26. The lowest BCUT2D eigenvalue weighted by molar-refractivity contribution is -0.146. The Morgan fingerprint density at radius 2 is 2.00 bits per heavy atom. The van der Waals surface area contributed by atoms with Crippen LogP contribution in [0.3, 0.4) is 0 Å². The predicted octanol–water partition coefficient (Wildman–Crippen LogP) is 2.21. The molecule has 0 aliphatic heterocycles. The zero-order chi connectivity index (χ0) is 16.0. The minimum atomic E-state index is -0.789. The van der Waals surface area contributed by atoms with Crippen LogP contribution in [0, 0.1) is 17.6 Å². The molecule has 4 nitrogen and oxygen atoms in total. The number of amides is 1. The first-order valence-electron chi connectivity index (χ1n) is 6.70. The molecule has 2 atom stereocenters. The minimum absolute atomic E-state index is 0.0710. The summed E-state index contributed by atoms with van der Waals surface area (Å²) in [5, 5.41) is 2.53. The van der Waals surface area contributed by atoms with Gasteiger partial charge in [-0.15, -0.1) is 0 Å². The van der Waals surface area contributed by atoms with Crippen molar-refractivity contribution in [2.45, 2.75) is 32.7 Å². The van der Waals surface area contributed by atoms with Crippen molar-refractivity contribution in [3.05, 3.63) is 35.4 Å². The van der Waals surface area contributed by atoms with E-state index in [1.165, 1.54) is 13.2 Å². The minimum Gasteiger partial charge on any atom is -0.467 e. The second-order valence-electron chi connectivity index (χ2n) is 4.87. The molecule has 1 aromatic rings. The van der Waals surface area contributed by atoms with E-state index in [9.17, 15) is 18.4 Å². The van der Waals surface area contributed by atoms with Crippen LogP contribution in [0.4, 0.5) is 8.78 Å². The number of nitrogens with one attached hydrogen (secondary N) is 1. The average Bonchev–Trinajstić information content (AvgIpc) is 2.46. The Morgan fingerprint density at radius 3 is 2.52 bits per heavy atom. The van der Waals surface area contributed by atoms with Crippen molar-refractivity contribution < 1.29 is 23.1 Å². The van der Waals surface area contributed by atoms with Crippen LogP contribution in [0.25, 0.3) is 0 Å². The summed E-state index contributed by atoms with van der Waals surface area (Å²) in [5.74, 6) is -2.67. The Kier molecular flexibility index (Phi) is 6.27. The highest BCUT2D eigenvalue weighted by atomic mass is 19.1. The summed E-state index contributed by atoms with van der Waals surface area (Å²) < 4.78 is 30.9. The number of methoxy groups -OCH3 is 1. The first-order valence-corrected chi connectivity index (χ1v) is 6.70. The first kappa shape index (κ1) is 17.1. The van der Waals surface area contributed by atoms with E-state index < -0.39 is 29.6 Å². The van der Waals surface area contributed by atoms with Crippen molar-refractivity contribution in [1.82, 2.24) is 5.32 Å². The molecule has 0 aliphatic rings. The van der Waals surface area contributed by atoms with E-state index in [0.29, 0.717) is 6.42 Å². The summed E-state index contributed by atoms with van der Waals surface area (Å²) in [5.41, 5.74) is 0.0710. The van der Waals surface area contributed by atoms with Gasteiger partial charge in [0.2, 0.25) is 5.91 Å². The van der Waals surface area contributed by atoms with Crippen molar-refractivity contribution in [3.63, 3.8) is 0 Å². The predicted molar refractivity (Wildman–Crippen MR) is 73.5 cm³/mol. The Labute approximate surface area is 122 Å². The van der Waals surface area contributed by atoms with Crippen LogP contribution in [0.15, 0.2) is 18.2 Å². The fraction of sp³-hybridized carbons (Fsp3) is 0.467. The van der Waals surface area contributed by atoms with Gasteiger partial charge >= 0.3 is 5.97 Å². The molecule has 116 valence electrons. The SMILES string of the molecule is CC[C@@H](C)[C@H](NC(=O)Cc1ccc(F)cc1F)C(=O)OC. The van der Waals surface area contributed by atoms with Crippen molar-refractivity contribution in [3.8, 4) is 0 Å². The third-order valence-electron chi connectivity index (χ3n) is 3.35. The van der Waals surface area contributed by atoms with Crippen LogP contribution < -0.4 is 5.32 Å². The fourth-order valence-corrected chi connectivity index (χ4v) is 1.86. The van der Waals surface area contributed by atoms with Crippen molar-refractivity contribution >= 4 is 11.9 Å². The van der Waals surface area contributed by atoms with Gasteiger partial charge in [0.1, 0.15) is 17.7 Å². The lowest BCUT2D eigenvalue weighted by Gasteiger charge is -2.21. The number of halogens is 2. The number of rotatable bonds is 6. The average molecular weight is 299 g/mol. The summed E-state index contributed by atoms with van der Waals surface area (Å²) in [6, 6.07) is 2.23. The summed E-state index contributed by atoms with van der Waals surface area (Å²) >= 11 is 0. The van der Waals surface area contributed by atoms with E-state index >= 15 is 0 Å². The second-order valence-corrected chi connectivity index (χ2v) is 4.87. The van der Waals surface area contributed by atoms with Gasteiger partial charge in [-0.3, -0.25) is 4.79 Å². The number of carbonyl (C=O) groups is 2. The quantitative estimate of drug-likeness (QED) is 0.819. The van der Waals surface area contributed by atoms with Crippen molar-refractivity contribution in [2.24, 2.45) is 5.92 Å². The Hall–Kier alpha value is -1.98. The number of hydrogen-bond acceptors (Lipinski definition) is 3. The monoisotopic (exact) mass is 299 g/mol. The van der Waals surface area contributed by atoms with Crippen LogP contribution in [-0.2, 0) is 20.7 Å². The first-order chi connectivity index (χ1) is 9.88. The molecule has 0 bridgehead atoms. The van der Waals surface area contributed by atoms with Crippen LogP contribution in [0.5, 0.6) is 0 Å². The Bertz CT molecular complexity index is 520. The third-order valence-corrected chi connectivity index (χ3v) is 3.35. The molecule has 1 aromatic carbocycles. The van der Waals surface area contributed by atoms with E-state index in [2.05, 4.69) is 10.1 Å². The molecule has 0 aromatic heterocycles. The summed E-state index contributed by atoms with van der Waals surface area (Å²) in [4.78, 5) is 23.6. The van der Waals surface area contributed by atoms with Gasteiger partial charge in [0, 0.05) is 6.07 Å². The van der Waals surface area contributed by atoms with E-state index in [4.69, 9.17) is 0 Å². The smallest absolute Gasteiger partial charge is 0.328 e. The van der Waals surface area contributed by atoms with Gasteiger partial charge in [-0.05, 0) is 17.5 Å². The standard InChI is InChI=1S/C15H19F2NO3/c1-4-9(2)14(15(20)21-3)18-13(19)7-10-5-6-11(16)8-12(10)17/h5-6,8-9,14H,4,7H2,1-3H3,(H,18,19)/t9-,14+/m1/s1. The summed E-state index contributed by atoms with van der Waals surface area (Å²) in [6.45, 7) is 3.69. The summed E-state index contributed by atoms with van der Waals surface area (Å²) in [6.07, 6.45) is 0.404. The highest BCUT2D eigenvalue weighted by molar-refractivity contribution is 5.85. The van der Waals surface area contributed by atoms with Crippen LogP contribution in [-0.4, -0.2) is 25.0 Å². The maximum absolute atomic E-state index is 13.5. The zero-order valence-electron chi connectivity index (χ0n) is 12.3. The maximum Gasteiger partial charge on any atom is 0.328 e. The molecule has 0 radical (unpaired) electrons. The molecule has 1 amide bonds. The lowest BCUT2D eigenvalue weighted by Crippen LogP contribution is -2.46. The van der Waals surface area contributed by atoms with E-state index in [-0.39, 0.29) is 17.9 Å².